The summed E-state index contributed by atoms with van der Waals surface area (Å²) in [4.78, 5) is 16.2. The average molecular weight is 410 g/mol. The number of para-hydroxylation sites is 1. The zero-order chi connectivity index (χ0) is 20.4. The number of benzene rings is 2. The molecular weight excluding hydrogens is 386 g/mol. The molecule has 1 aromatic heterocycles. The Balaban J connectivity index is 1.82. The van der Waals surface area contributed by atoms with Gasteiger partial charge in [0.2, 0.25) is 0 Å². The van der Waals surface area contributed by atoms with Crippen molar-refractivity contribution in [2.24, 2.45) is 0 Å². The number of rotatable bonds is 7. The summed E-state index contributed by atoms with van der Waals surface area (Å²) in [6, 6.07) is 15.1. The number of ether oxygens (including phenoxy) is 1. The Hall–Kier alpha value is -2.77. The van der Waals surface area contributed by atoms with Crippen LogP contribution in [0.5, 0.6) is 5.75 Å². The van der Waals surface area contributed by atoms with Crippen molar-refractivity contribution in [1.29, 1.82) is 0 Å². The zero-order valence-electron chi connectivity index (χ0n) is 16.4. The van der Waals surface area contributed by atoms with Crippen molar-refractivity contribution in [3.05, 3.63) is 65.4 Å². The Morgan fingerprint density at radius 1 is 1.21 bits per heavy atom. The van der Waals surface area contributed by atoms with Gasteiger partial charge < -0.3 is 14.7 Å². The summed E-state index contributed by atoms with van der Waals surface area (Å²) in [5.41, 5.74) is 3.54. The van der Waals surface area contributed by atoms with Gasteiger partial charge in [0.05, 0.1) is 6.04 Å². The number of nitrogens with zero attached hydrogens (tertiary/aromatic N) is 2. The Morgan fingerprint density at radius 3 is 2.66 bits per heavy atom. The van der Waals surface area contributed by atoms with Crippen LogP contribution in [0.15, 0.2) is 53.4 Å². The monoisotopic (exact) mass is 409 g/mol. The van der Waals surface area contributed by atoms with Gasteiger partial charge in [-0.25, -0.2) is 0 Å². The van der Waals surface area contributed by atoms with E-state index in [1.54, 1.807) is 31.0 Å². The van der Waals surface area contributed by atoms with Gasteiger partial charge in [-0.05, 0) is 42.5 Å². The third-order valence-corrected chi connectivity index (χ3v) is 5.95. The third-order valence-electron chi connectivity index (χ3n) is 5.20. The van der Waals surface area contributed by atoms with E-state index in [2.05, 4.69) is 34.5 Å². The van der Waals surface area contributed by atoms with Crippen LogP contribution in [-0.4, -0.2) is 52.6 Å². The van der Waals surface area contributed by atoms with Crippen LogP contribution in [-0.2, 0) is 4.74 Å². The van der Waals surface area contributed by atoms with E-state index in [9.17, 15) is 9.90 Å². The Kier molecular flexibility index (Phi) is 5.60. The first-order chi connectivity index (χ1) is 14.2. The van der Waals surface area contributed by atoms with Crippen molar-refractivity contribution in [2.75, 3.05) is 26.5 Å². The molecule has 0 saturated heterocycles. The van der Waals surface area contributed by atoms with Crippen molar-refractivity contribution in [2.45, 2.75) is 17.4 Å². The van der Waals surface area contributed by atoms with Gasteiger partial charge in [-0.15, -0.1) is 11.8 Å². The fraction of sp³-hybridized carbons (Fsp3) is 0.273. The van der Waals surface area contributed by atoms with E-state index < -0.39 is 0 Å². The van der Waals surface area contributed by atoms with Gasteiger partial charge in [0.1, 0.15) is 17.1 Å². The molecule has 0 spiro atoms. The molecule has 1 amide bonds. The van der Waals surface area contributed by atoms with Crippen LogP contribution in [0.1, 0.15) is 34.1 Å². The maximum Gasteiger partial charge on any atom is 0.273 e. The molecule has 0 bridgehead atoms. The van der Waals surface area contributed by atoms with Gasteiger partial charge >= 0.3 is 0 Å². The summed E-state index contributed by atoms with van der Waals surface area (Å²) in [6.07, 6.45) is 2.78. The number of hydrogen-bond donors (Lipinski definition) is 2. The number of thioether (sulfide) groups is 1. The molecule has 1 atom stereocenters. The molecular formula is C22H23N3O3S. The maximum absolute atomic E-state index is 13.2. The zero-order valence-corrected chi connectivity index (χ0v) is 17.2. The molecule has 0 radical (unpaired) electrons. The number of aromatic amines is 1. The van der Waals surface area contributed by atoms with E-state index >= 15 is 0 Å². The van der Waals surface area contributed by atoms with E-state index in [-0.39, 0.29) is 17.7 Å². The molecule has 1 unspecified atom stereocenters. The summed E-state index contributed by atoms with van der Waals surface area (Å²) >= 11 is 1.68. The van der Waals surface area contributed by atoms with Crippen molar-refractivity contribution in [3.8, 4) is 17.0 Å². The Morgan fingerprint density at radius 2 is 1.97 bits per heavy atom. The molecule has 2 heterocycles. The number of carbonyl (C=O) groups excluding carboxylic acids is 1. The van der Waals surface area contributed by atoms with E-state index in [0.29, 0.717) is 30.1 Å². The fourth-order valence-corrected chi connectivity index (χ4v) is 4.23. The number of H-pyrrole nitrogens is 1. The van der Waals surface area contributed by atoms with Gasteiger partial charge in [-0.2, -0.15) is 5.10 Å². The van der Waals surface area contributed by atoms with Crippen LogP contribution in [0.3, 0.4) is 0 Å². The van der Waals surface area contributed by atoms with Crippen molar-refractivity contribution in [3.63, 3.8) is 0 Å². The van der Waals surface area contributed by atoms with E-state index in [0.717, 1.165) is 22.4 Å². The maximum atomic E-state index is 13.2. The minimum absolute atomic E-state index is 0.0794. The predicted octanol–water partition coefficient (Wildman–Crippen LogP) is 4.09. The van der Waals surface area contributed by atoms with Crippen LogP contribution in [0.2, 0.25) is 0 Å². The second kappa shape index (κ2) is 8.31. The number of nitrogens with one attached hydrogen (secondary N) is 1. The van der Waals surface area contributed by atoms with Crippen LogP contribution in [0, 0.1) is 0 Å². The first-order valence-corrected chi connectivity index (χ1v) is 10.7. The summed E-state index contributed by atoms with van der Waals surface area (Å²) in [6.45, 7) is 1.16. The molecule has 0 fully saturated rings. The minimum atomic E-state index is -0.265. The second-order valence-corrected chi connectivity index (χ2v) is 7.78. The number of aromatic nitrogens is 2. The van der Waals surface area contributed by atoms with E-state index in [1.807, 2.05) is 23.3 Å². The van der Waals surface area contributed by atoms with Gasteiger partial charge in [0, 0.05) is 36.3 Å². The molecule has 4 rings (SSSR count). The highest BCUT2D eigenvalue weighted by Gasteiger charge is 2.42. The SMILES string of the molecule is COCCCN1C(=O)c2[nH]nc(-c3ccccc3O)c2C1c1ccc(SC)cc1. The molecule has 2 N–H and O–H groups in total. The van der Waals surface area contributed by atoms with E-state index in [1.165, 1.54) is 0 Å². The fourth-order valence-electron chi connectivity index (χ4n) is 3.82. The first-order valence-electron chi connectivity index (χ1n) is 9.46. The predicted molar refractivity (Wildman–Crippen MR) is 113 cm³/mol. The van der Waals surface area contributed by atoms with Crippen LogP contribution < -0.4 is 0 Å². The molecule has 29 heavy (non-hydrogen) atoms. The lowest BCUT2D eigenvalue weighted by atomic mass is 9.95. The Labute approximate surface area is 173 Å². The van der Waals surface area contributed by atoms with Crippen LogP contribution in [0.4, 0.5) is 0 Å². The molecule has 2 aromatic carbocycles. The molecule has 7 heteroatoms. The number of phenols is 1. The number of carbonyl (C=O) groups is 1. The topological polar surface area (TPSA) is 78.5 Å². The lowest BCUT2D eigenvalue weighted by Crippen LogP contribution is -2.31. The molecule has 0 aliphatic carbocycles. The molecule has 3 aromatic rings. The summed E-state index contributed by atoms with van der Waals surface area (Å²) in [5, 5.41) is 17.7. The summed E-state index contributed by atoms with van der Waals surface area (Å²) < 4.78 is 5.18. The standard InChI is InChI=1S/C22H23N3O3S/c1-28-13-5-12-25-21(14-8-10-15(29-2)11-9-14)18-19(23-24-20(18)22(25)27)16-6-3-4-7-17(16)26/h3-4,6-11,21,26H,5,12-13H2,1-2H3,(H,23,24). The van der Waals surface area contributed by atoms with Gasteiger partial charge in [0.15, 0.2) is 0 Å². The highest BCUT2D eigenvalue weighted by molar-refractivity contribution is 7.98. The molecule has 1 aliphatic heterocycles. The highest BCUT2D eigenvalue weighted by Crippen LogP contribution is 2.44. The Bertz CT molecular complexity index is 1020. The van der Waals surface area contributed by atoms with Crippen LogP contribution >= 0.6 is 11.8 Å². The highest BCUT2D eigenvalue weighted by atomic mass is 32.2. The van der Waals surface area contributed by atoms with Crippen LogP contribution in [0.25, 0.3) is 11.3 Å². The second-order valence-electron chi connectivity index (χ2n) is 6.90. The third kappa shape index (κ3) is 3.52. The molecule has 6 nitrogen and oxygen atoms in total. The van der Waals surface area contributed by atoms with Gasteiger partial charge in [0.25, 0.3) is 5.91 Å². The number of phenolic OH excluding ortho intramolecular Hbond substituents is 1. The van der Waals surface area contributed by atoms with Gasteiger partial charge in [-0.3, -0.25) is 9.89 Å². The molecule has 1 aliphatic rings. The first kappa shape index (κ1) is 19.5. The average Bonchev–Trinajstić information content (AvgIpc) is 3.28. The number of hydrogen-bond acceptors (Lipinski definition) is 5. The number of aromatic hydroxyl groups is 1. The number of fused-ring (bicyclic) bond motifs is 1. The molecule has 0 saturated carbocycles. The quantitative estimate of drug-likeness (QED) is 0.454. The lowest BCUT2D eigenvalue weighted by Gasteiger charge is -2.26. The van der Waals surface area contributed by atoms with E-state index in [4.69, 9.17) is 4.74 Å². The van der Waals surface area contributed by atoms with Crippen molar-refractivity contribution < 1.29 is 14.6 Å². The lowest BCUT2D eigenvalue weighted by molar-refractivity contribution is 0.0723. The smallest absolute Gasteiger partial charge is 0.273 e. The number of amides is 1. The summed E-state index contributed by atoms with van der Waals surface area (Å²) in [5.74, 6) is 0.0628. The van der Waals surface area contributed by atoms with Crippen molar-refractivity contribution >= 4 is 17.7 Å². The van der Waals surface area contributed by atoms with Gasteiger partial charge in [-0.1, -0.05) is 24.3 Å². The van der Waals surface area contributed by atoms with Crippen molar-refractivity contribution in [1.82, 2.24) is 15.1 Å². The minimum Gasteiger partial charge on any atom is -0.507 e. The largest absolute Gasteiger partial charge is 0.507 e. The molecule has 150 valence electrons. The summed E-state index contributed by atoms with van der Waals surface area (Å²) in [7, 11) is 1.66. The number of methoxy groups -OCH3 is 1. The normalized spacial score (nSPS) is 15.7.